The van der Waals surface area contributed by atoms with Gasteiger partial charge in [0.05, 0.1) is 6.61 Å². The van der Waals surface area contributed by atoms with Gasteiger partial charge in [-0.15, -0.1) is 0 Å². The first kappa shape index (κ1) is 9.86. The third-order valence-corrected chi connectivity index (χ3v) is 1.68. The first-order valence-electron chi connectivity index (χ1n) is 4.39. The molecule has 1 aromatic carbocycles. The van der Waals surface area contributed by atoms with Gasteiger partial charge in [0.15, 0.2) is 0 Å². The quantitative estimate of drug-likeness (QED) is 0.674. The van der Waals surface area contributed by atoms with Gasteiger partial charge in [0, 0.05) is 0 Å². The van der Waals surface area contributed by atoms with Crippen molar-refractivity contribution in [3.63, 3.8) is 0 Å². The van der Waals surface area contributed by atoms with E-state index in [-0.39, 0.29) is 5.75 Å². The Labute approximate surface area is 78.3 Å². The number of ether oxygens (including phenoxy) is 1. The van der Waals surface area contributed by atoms with Gasteiger partial charge in [0.25, 0.3) is 0 Å². The van der Waals surface area contributed by atoms with Crippen molar-refractivity contribution in [3.05, 3.63) is 24.3 Å². The summed E-state index contributed by atoms with van der Waals surface area (Å²) in [6.45, 7) is 1.66. The Morgan fingerprint density at radius 1 is 1.31 bits per heavy atom. The molecule has 1 rings (SSSR count). The second-order valence-electron chi connectivity index (χ2n) is 2.80. The Hall–Kier alpha value is -1.22. The normalized spacial score (nSPS) is 9.92. The van der Waals surface area contributed by atoms with E-state index in [1.54, 1.807) is 24.3 Å². The van der Waals surface area contributed by atoms with E-state index in [1.807, 2.05) is 7.05 Å². The fourth-order valence-electron chi connectivity index (χ4n) is 0.981. The molecule has 13 heavy (non-hydrogen) atoms. The maximum atomic E-state index is 9.00. The van der Waals surface area contributed by atoms with Gasteiger partial charge in [-0.25, -0.2) is 0 Å². The molecule has 0 saturated heterocycles. The standard InChI is InChI=1S/C10H15NO2/c1-11-7-2-8-13-10-5-3-9(12)4-6-10/h3-6,11-12H,2,7-8H2,1H3. The first-order chi connectivity index (χ1) is 6.33. The summed E-state index contributed by atoms with van der Waals surface area (Å²) in [5.74, 6) is 1.07. The largest absolute Gasteiger partial charge is 0.508 e. The van der Waals surface area contributed by atoms with Crippen LogP contribution in [0.4, 0.5) is 0 Å². The van der Waals surface area contributed by atoms with Gasteiger partial charge in [0.1, 0.15) is 11.5 Å². The smallest absolute Gasteiger partial charge is 0.119 e. The molecule has 0 heterocycles. The molecule has 0 aromatic heterocycles. The van der Waals surface area contributed by atoms with E-state index >= 15 is 0 Å². The van der Waals surface area contributed by atoms with Gasteiger partial charge in [-0.1, -0.05) is 0 Å². The molecule has 0 radical (unpaired) electrons. The lowest BCUT2D eigenvalue weighted by molar-refractivity contribution is 0.309. The number of hydrogen-bond acceptors (Lipinski definition) is 3. The van der Waals surface area contributed by atoms with Crippen LogP contribution >= 0.6 is 0 Å². The molecule has 3 nitrogen and oxygen atoms in total. The third-order valence-electron chi connectivity index (χ3n) is 1.68. The summed E-state index contributed by atoms with van der Waals surface area (Å²) < 4.78 is 5.41. The van der Waals surface area contributed by atoms with E-state index < -0.39 is 0 Å². The molecule has 0 spiro atoms. The zero-order valence-corrected chi connectivity index (χ0v) is 7.79. The van der Waals surface area contributed by atoms with E-state index in [9.17, 15) is 0 Å². The third kappa shape index (κ3) is 3.80. The lowest BCUT2D eigenvalue weighted by atomic mass is 10.3. The molecule has 2 N–H and O–H groups in total. The monoisotopic (exact) mass is 181 g/mol. The van der Waals surface area contributed by atoms with Crippen LogP contribution in [-0.4, -0.2) is 25.3 Å². The maximum Gasteiger partial charge on any atom is 0.119 e. The first-order valence-corrected chi connectivity index (χ1v) is 4.39. The molecule has 1 aromatic rings. The predicted octanol–water partition coefficient (Wildman–Crippen LogP) is 1.38. The molecule has 3 heteroatoms. The maximum absolute atomic E-state index is 9.00. The minimum atomic E-state index is 0.266. The van der Waals surface area contributed by atoms with E-state index in [4.69, 9.17) is 9.84 Å². The Morgan fingerprint density at radius 2 is 2.00 bits per heavy atom. The van der Waals surface area contributed by atoms with Crippen molar-refractivity contribution in [2.75, 3.05) is 20.2 Å². The summed E-state index contributed by atoms with van der Waals surface area (Å²) in [7, 11) is 1.92. The molecule has 0 aliphatic rings. The molecule has 0 unspecified atom stereocenters. The number of rotatable bonds is 5. The molecule has 0 bridgehead atoms. The number of phenols is 1. The lowest BCUT2D eigenvalue weighted by Crippen LogP contribution is -2.11. The summed E-state index contributed by atoms with van der Waals surface area (Å²) in [6, 6.07) is 6.75. The summed E-state index contributed by atoms with van der Waals surface area (Å²) in [6.07, 6.45) is 0.984. The molecule has 0 fully saturated rings. The fraction of sp³-hybridized carbons (Fsp3) is 0.400. The minimum absolute atomic E-state index is 0.266. The Bertz CT molecular complexity index is 233. The average molecular weight is 181 g/mol. The van der Waals surface area contributed by atoms with Crippen molar-refractivity contribution in [1.29, 1.82) is 0 Å². The van der Waals surface area contributed by atoms with Crippen molar-refractivity contribution >= 4 is 0 Å². The summed E-state index contributed by atoms with van der Waals surface area (Å²) in [5, 5.41) is 12.0. The topological polar surface area (TPSA) is 41.5 Å². The fourth-order valence-corrected chi connectivity index (χ4v) is 0.981. The number of phenolic OH excluding ortho intramolecular Hbond substituents is 1. The van der Waals surface area contributed by atoms with E-state index in [1.165, 1.54) is 0 Å². The average Bonchev–Trinajstić information content (AvgIpc) is 2.15. The second kappa shape index (κ2) is 5.43. The number of aromatic hydroxyl groups is 1. The highest BCUT2D eigenvalue weighted by molar-refractivity contribution is 5.29. The summed E-state index contributed by atoms with van der Waals surface area (Å²) in [4.78, 5) is 0. The minimum Gasteiger partial charge on any atom is -0.508 e. The van der Waals surface area contributed by atoms with Crippen molar-refractivity contribution in [2.45, 2.75) is 6.42 Å². The molecule has 0 atom stereocenters. The molecule has 0 saturated carbocycles. The Balaban J connectivity index is 2.25. The van der Waals surface area contributed by atoms with E-state index in [0.717, 1.165) is 18.7 Å². The summed E-state index contributed by atoms with van der Waals surface area (Å²) >= 11 is 0. The number of benzene rings is 1. The molecular formula is C10H15NO2. The Morgan fingerprint density at radius 3 is 2.62 bits per heavy atom. The predicted molar refractivity (Wildman–Crippen MR) is 52.1 cm³/mol. The second-order valence-corrected chi connectivity index (χ2v) is 2.80. The summed E-state index contributed by atoms with van der Waals surface area (Å²) in [5.41, 5.74) is 0. The molecule has 0 amide bonds. The zero-order valence-electron chi connectivity index (χ0n) is 7.79. The van der Waals surface area contributed by atoms with Crippen LogP contribution in [0.5, 0.6) is 11.5 Å². The molecule has 72 valence electrons. The molecule has 0 aliphatic heterocycles. The van der Waals surface area contributed by atoms with E-state index in [2.05, 4.69) is 5.32 Å². The SMILES string of the molecule is CNCCCOc1ccc(O)cc1. The van der Waals surface area contributed by atoms with Crippen LogP contribution in [0.15, 0.2) is 24.3 Å². The van der Waals surface area contributed by atoms with Crippen molar-refractivity contribution in [3.8, 4) is 11.5 Å². The van der Waals surface area contributed by atoms with Gasteiger partial charge in [0.2, 0.25) is 0 Å². The van der Waals surface area contributed by atoms with Crippen LogP contribution in [0, 0.1) is 0 Å². The highest BCUT2D eigenvalue weighted by Gasteiger charge is 1.92. The number of hydrogen-bond donors (Lipinski definition) is 2. The Kier molecular flexibility index (Phi) is 4.12. The van der Waals surface area contributed by atoms with Crippen LogP contribution in [0.2, 0.25) is 0 Å². The van der Waals surface area contributed by atoms with Crippen LogP contribution < -0.4 is 10.1 Å². The van der Waals surface area contributed by atoms with Crippen LogP contribution in [0.3, 0.4) is 0 Å². The highest BCUT2D eigenvalue weighted by Crippen LogP contribution is 2.15. The van der Waals surface area contributed by atoms with Crippen molar-refractivity contribution in [2.24, 2.45) is 0 Å². The van der Waals surface area contributed by atoms with Gasteiger partial charge in [-0.05, 0) is 44.3 Å². The molecular weight excluding hydrogens is 166 g/mol. The van der Waals surface area contributed by atoms with Crippen molar-refractivity contribution < 1.29 is 9.84 Å². The van der Waals surface area contributed by atoms with Gasteiger partial charge in [-0.2, -0.15) is 0 Å². The molecule has 0 aliphatic carbocycles. The zero-order chi connectivity index (χ0) is 9.52. The van der Waals surface area contributed by atoms with Crippen molar-refractivity contribution in [1.82, 2.24) is 5.32 Å². The lowest BCUT2D eigenvalue weighted by Gasteiger charge is -2.05. The van der Waals surface area contributed by atoms with Crippen LogP contribution in [0.25, 0.3) is 0 Å². The van der Waals surface area contributed by atoms with Gasteiger partial charge in [-0.3, -0.25) is 0 Å². The van der Waals surface area contributed by atoms with E-state index in [0.29, 0.717) is 6.61 Å². The van der Waals surface area contributed by atoms with Crippen LogP contribution in [0.1, 0.15) is 6.42 Å². The number of nitrogens with one attached hydrogen (secondary N) is 1. The van der Waals surface area contributed by atoms with Gasteiger partial charge >= 0.3 is 0 Å². The highest BCUT2D eigenvalue weighted by atomic mass is 16.5. The van der Waals surface area contributed by atoms with Crippen LogP contribution in [-0.2, 0) is 0 Å². The van der Waals surface area contributed by atoms with Gasteiger partial charge < -0.3 is 15.2 Å².